The lowest BCUT2D eigenvalue weighted by atomic mass is 9.72. The fraction of sp³-hybridized carbons (Fsp3) is 0.605. The summed E-state index contributed by atoms with van der Waals surface area (Å²) in [6.07, 6.45) is 5.41. The molecule has 0 bridgehead atoms. The van der Waals surface area contributed by atoms with Gasteiger partial charge in [0.15, 0.2) is 9.84 Å². The summed E-state index contributed by atoms with van der Waals surface area (Å²) in [5.41, 5.74) is 0.451. The monoisotopic (exact) mass is 728 g/mol. The van der Waals surface area contributed by atoms with Crippen molar-refractivity contribution in [2.24, 2.45) is 11.8 Å². The Bertz CT molecular complexity index is 1550. The predicted octanol–water partition coefficient (Wildman–Crippen LogP) is 3.97. The number of carbonyl (C=O) groups excluding carboxylic acids is 3. The van der Waals surface area contributed by atoms with Gasteiger partial charge in [-0.25, -0.2) is 8.42 Å². The normalized spacial score (nSPS) is 22.0. The average molecular weight is 729 g/mol. The Kier molecular flexibility index (Phi) is 13.6. The number of amides is 3. The van der Waals surface area contributed by atoms with E-state index in [2.05, 4.69) is 20.9 Å². The van der Waals surface area contributed by atoms with Crippen LogP contribution >= 0.6 is 11.8 Å². The van der Waals surface area contributed by atoms with Crippen LogP contribution in [0.1, 0.15) is 72.3 Å². The summed E-state index contributed by atoms with van der Waals surface area (Å²) in [6, 6.07) is 16.1. The van der Waals surface area contributed by atoms with Gasteiger partial charge in [0.25, 0.3) is 0 Å². The van der Waals surface area contributed by atoms with Gasteiger partial charge in [0.1, 0.15) is 6.04 Å². The largest absolute Gasteiger partial charge is 0.390 e. The minimum Gasteiger partial charge on any atom is -0.390 e. The van der Waals surface area contributed by atoms with Crippen LogP contribution in [0.5, 0.6) is 0 Å². The number of fused-ring (bicyclic) bond motifs is 1. The molecule has 12 heteroatoms. The number of piperidine rings is 1. The number of hydrogen-bond donors (Lipinski definition) is 4. The molecule has 3 amide bonds. The highest BCUT2D eigenvalue weighted by atomic mass is 32.2. The molecular weight excluding hydrogens is 673 g/mol. The van der Waals surface area contributed by atoms with Gasteiger partial charge in [-0.2, -0.15) is 0 Å². The van der Waals surface area contributed by atoms with Gasteiger partial charge >= 0.3 is 0 Å². The van der Waals surface area contributed by atoms with Crippen LogP contribution < -0.4 is 16.0 Å². The summed E-state index contributed by atoms with van der Waals surface area (Å²) in [4.78, 5) is 44.0. The molecular formula is C38H56N4O6S2. The first-order valence-electron chi connectivity index (χ1n) is 17.7. The van der Waals surface area contributed by atoms with Gasteiger partial charge in [-0.05, 0) is 83.4 Å². The fourth-order valence-electron chi connectivity index (χ4n) is 7.05. The summed E-state index contributed by atoms with van der Waals surface area (Å²) in [5, 5.41) is 20.7. The fourth-order valence-corrected chi connectivity index (χ4v) is 8.37. The second kappa shape index (κ2) is 17.1. The van der Waals surface area contributed by atoms with E-state index in [1.54, 1.807) is 0 Å². The molecule has 50 heavy (non-hydrogen) atoms. The van der Waals surface area contributed by atoms with Crippen LogP contribution in [-0.4, -0.2) is 95.8 Å². The Morgan fingerprint density at radius 2 is 1.52 bits per heavy atom. The number of rotatable bonds is 14. The Labute approximate surface area is 302 Å². The molecule has 1 saturated heterocycles. The number of nitrogens with zero attached hydrogens (tertiary/aromatic N) is 1. The minimum absolute atomic E-state index is 0.0150. The quantitative estimate of drug-likeness (QED) is 0.214. The number of thioether (sulfide) groups is 1. The summed E-state index contributed by atoms with van der Waals surface area (Å²) in [5.74, 6) is -0.386. The first-order valence-corrected chi connectivity index (χ1v) is 20.6. The van der Waals surface area contributed by atoms with Crippen molar-refractivity contribution in [1.29, 1.82) is 0 Å². The summed E-state index contributed by atoms with van der Waals surface area (Å²) >= 11 is 1.28. The molecule has 0 aromatic heterocycles. The van der Waals surface area contributed by atoms with E-state index >= 15 is 0 Å². The first kappa shape index (κ1) is 39.8. The predicted molar refractivity (Wildman–Crippen MR) is 199 cm³/mol. The second-order valence-electron chi connectivity index (χ2n) is 15.6. The van der Waals surface area contributed by atoms with E-state index < -0.39 is 56.2 Å². The third-order valence-corrected chi connectivity index (χ3v) is 13.3. The number of β-amino-alcohol motifs (C(OH)–C–C–N with tert-alkyl or cyclic N) is 1. The van der Waals surface area contributed by atoms with E-state index in [9.17, 15) is 27.9 Å². The molecule has 4 N–H and O–H groups in total. The van der Waals surface area contributed by atoms with Crippen molar-refractivity contribution in [2.75, 3.05) is 25.1 Å². The van der Waals surface area contributed by atoms with Crippen molar-refractivity contribution in [3.63, 3.8) is 0 Å². The summed E-state index contributed by atoms with van der Waals surface area (Å²) < 4.78 is 24.4. The third-order valence-electron chi connectivity index (χ3n) is 10.1. The highest BCUT2D eigenvalue weighted by molar-refractivity contribution is 8.00. The molecule has 1 aliphatic carbocycles. The molecule has 10 nitrogen and oxygen atoms in total. The molecule has 1 heterocycles. The topological polar surface area (TPSA) is 145 Å². The molecule has 0 spiro atoms. The zero-order valence-corrected chi connectivity index (χ0v) is 32.0. The highest BCUT2D eigenvalue weighted by Gasteiger charge is 2.46. The van der Waals surface area contributed by atoms with Gasteiger partial charge in [0.05, 0.1) is 28.7 Å². The number of aliphatic hydroxyl groups excluding tert-OH is 1. The van der Waals surface area contributed by atoms with Gasteiger partial charge in [0.2, 0.25) is 17.7 Å². The summed E-state index contributed by atoms with van der Waals surface area (Å²) in [6.45, 7) is 9.53. The van der Waals surface area contributed by atoms with Crippen LogP contribution in [0.25, 0.3) is 0 Å². The number of sulfone groups is 1. The zero-order chi connectivity index (χ0) is 36.7. The van der Waals surface area contributed by atoms with Crippen LogP contribution in [0.15, 0.2) is 65.6 Å². The van der Waals surface area contributed by atoms with Crippen LogP contribution in [-0.2, 0) is 30.6 Å². The number of nitrogens with one attached hydrogen (secondary N) is 3. The molecule has 0 radical (unpaired) electrons. The van der Waals surface area contributed by atoms with Crippen LogP contribution in [0.3, 0.4) is 0 Å². The Morgan fingerprint density at radius 1 is 0.920 bits per heavy atom. The molecule has 2 aromatic rings. The van der Waals surface area contributed by atoms with Gasteiger partial charge in [-0.1, -0.05) is 67.8 Å². The lowest BCUT2D eigenvalue weighted by molar-refractivity contribution is -0.133. The molecule has 6 atom stereocenters. The van der Waals surface area contributed by atoms with Gasteiger partial charge in [-0.3, -0.25) is 19.3 Å². The maximum atomic E-state index is 14.2. The summed E-state index contributed by atoms with van der Waals surface area (Å²) in [7, 11) is -3.84. The number of benzene rings is 2. The molecule has 4 rings (SSSR count). The molecule has 276 valence electrons. The Morgan fingerprint density at radius 3 is 2.12 bits per heavy atom. The molecule has 1 aliphatic heterocycles. The van der Waals surface area contributed by atoms with E-state index in [1.807, 2.05) is 81.4 Å². The molecule has 2 fully saturated rings. The van der Waals surface area contributed by atoms with Gasteiger partial charge < -0.3 is 21.1 Å². The molecule has 3 unspecified atom stereocenters. The third kappa shape index (κ3) is 11.0. The number of likely N-dealkylation sites (tertiary alicyclic amines) is 1. The van der Waals surface area contributed by atoms with Crippen molar-refractivity contribution >= 4 is 39.3 Å². The molecule has 2 aromatic carbocycles. The van der Waals surface area contributed by atoms with E-state index in [0.29, 0.717) is 24.8 Å². The number of hydrogen-bond acceptors (Lipinski definition) is 8. The Balaban J connectivity index is 1.58. The van der Waals surface area contributed by atoms with Crippen molar-refractivity contribution in [1.82, 2.24) is 20.9 Å². The Hall–Kier alpha value is -2.93. The first-order chi connectivity index (χ1) is 23.4. The zero-order valence-electron chi connectivity index (χ0n) is 30.4. The lowest BCUT2D eigenvalue weighted by Crippen LogP contribution is -2.64. The smallest absolute Gasteiger partial charge is 0.244 e. The van der Waals surface area contributed by atoms with Gasteiger partial charge in [0, 0.05) is 29.8 Å². The van der Waals surface area contributed by atoms with Gasteiger partial charge in [-0.15, -0.1) is 11.8 Å². The lowest BCUT2D eigenvalue weighted by Gasteiger charge is -2.47. The van der Waals surface area contributed by atoms with Crippen molar-refractivity contribution < 1.29 is 27.9 Å². The maximum absolute atomic E-state index is 14.2. The van der Waals surface area contributed by atoms with E-state index in [4.69, 9.17) is 0 Å². The number of carbonyl (C=O) groups is 3. The van der Waals surface area contributed by atoms with Crippen LogP contribution in [0.4, 0.5) is 0 Å². The SMILES string of the molecule is CC(C)(C)NC(=O)C1C[C@@H]2CCCC[C@@H]2CN1CC(O)C(Cc1ccccc1)NC(=O)[C@@H](NC(=O)CSc1ccccc1)C(C)(C)S(C)(=O)=O. The van der Waals surface area contributed by atoms with Crippen molar-refractivity contribution in [3.05, 3.63) is 66.2 Å². The highest BCUT2D eigenvalue weighted by Crippen LogP contribution is 2.39. The second-order valence-corrected chi connectivity index (χ2v) is 19.2. The minimum atomic E-state index is -3.84. The van der Waals surface area contributed by atoms with Crippen molar-refractivity contribution in [3.8, 4) is 0 Å². The average Bonchev–Trinajstić information content (AvgIpc) is 3.05. The van der Waals surface area contributed by atoms with Crippen LogP contribution in [0.2, 0.25) is 0 Å². The molecule has 2 aliphatic rings. The molecule has 1 saturated carbocycles. The number of aliphatic hydroxyl groups is 1. The van der Waals surface area contributed by atoms with Crippen LogP contribution in [0, 0.1) is 11.8 Å². The van der Waals surface area contributed by atoms with E-state index in [1.165, 1.54) is 25.6 Å². The van der Waals surface area contributed by atoms with Crippen molar-refractivity contribution in [2.45, 2.75) is 113 Å². The van der Waals surface area contributed by atoms with E-state index in [-0.39, 0.29) is 24.6 Å². The van der Waals surface area contributed by atoms with E-state index in [0.717, 1.165) is 42.4 Å². The maximum Gasteiger partial charge on any atom is 0.244 e. The standard InChI is InChI=1S/C38H56N4O6S2/c1-37(2,3)41-35(45)31-22-27-17-13-14-18-28(27)23-42(31)24-32(43)30(21-26-15-9-7-10-16-26)39-36(46)34(38(4,5)50(6,47)48)40-33(44)25-49-29-19-11-8-12-20-29/h7-12,15-16,19-20,27-28,30-32,34,43H,13-14,17-18,21-25H2,1-6H3,(H,39,46)(H,40,44)(H,41,45)/t27-,28+,30?,31?,32?,34+/m0/s1.